The fourth-order valence-electron chi connectivity index (χ4n) is 1.65. The third kappa shape index (κ3) is 3.44. The van der Waals surface area contributed by atoms with Gasteiger partial charge in [0.25, 0.3) is 5.91 Å². The maximum absolute atomic E-state index is 12.2. The van der Waals surface area contributed by atoms with E-state index in [9.17, 15) is 14.9 Å². The SMILES string of the molecule is CCC(C)(CC)NC(=O)c1cccc(Cl)c1[N+](=O)[O-]. The van der Waals surface area contributed by atoms with Crippen LogP contribution in [0, 0.1) is 10.1 Å². The fourth-order valence-corrected chi connectivity index (χ4v) is 1.90. The Hall–Kier alpha value is -1.62. The number of nitrogens with zero attached hydrogens (tertiary/aromatic N) is 1. The van der Waals surface area contributed by atoms with Gasteiger partial charge in [0.05, 0.1) is 4.92 Å². The minimum atomic E-state index is -0.632. The number of carbonyl (C=O) groups is 1. The molecule has 0 unspecified atom stereocenters. The Kier molecular flexibility index (Phi) is 4.89. The zero-order valence-corrected chi connectivity index (χ0v) is 12.0. The van der Waals surface area contributed by atoms with Crippen molar-refractivity contribution in [3.05, 3.63) is 38.9 Å². The van der Waals surface area contributed by atoms with Gasteiger partial charge < -0.3 is 5.32 Å². The molecule has 0 aliphatic rings. The lowest BCUT2D eigenvalue weighted by molar-refractivity contribution is -0.385. The molecule has 5 nitrogen and oxygen atoms in total. The Morgan fingerprint density at radius 1 is 1.42 bits per heavy atom. The summed E-state index contributed by atoms with van der Waals surface area (Å²) in [7, 11) is 0. The number of rotatable bonds is 5. The summed E-state index contributed by atoms with van der Waals surface area (Å²) in [5, 5.41) is 13.8. The maximum atomic E-state index is 12.2. The highest BCUT2D eigenvalue weighted by atomic mass is 35.5. The quantitative estimate of drug-likeness (QED) is 0.664. The Bertz CT molecular complexity index is 499. The minimum Gasteiger partial charge on any atom is -0.347 e. The molecule has 19 heavy (non-hydrogen) atoms. The lowest BCUT2D eigenvalue weighted by Gasteiger charge is -2.28. The average molecular weight is 285 g/mol. The number of halogens is 1. The normalized spacial score (nSPS) is 11.2. The van der Waals surface area contributed by atoms with Crippen molar-refractivity contribution in [3.8, 4) is 0 Å². The molecule has 1 rings (SSSR count). The Morgan fingerprint density at radius 2 is 2.00 bits per heavy atom. The van der Waals surface area contributed by atoms with E-state index in [2.05, 4.69) is 5.32 Å². The lowest BCUT2D eigenvalue weighted by atomic mass is 9.95. The van der Waals surface area contributed by atoms with Crippen molar-refractivity contribution in [1.82, 2.24) is 5.32 Å². The van der Waals surface area contributed by atoms with Crippen LogP contribution in [0.3, 0.4) is 0 Å². The molecule has 1 amide bonds. The van der Waals surface area contributed by atoms with E-state index in [1.807, 2.05) is 20.8 Å². The van der Waals surface area contributed by atoms with Crippen LogP contribution in [0.25, 0.3) is 0 Å². The molecule has 0 spiro atoms. The molecule has 0 aliphatic heterocycles. The van der Waals surface area contributed by atoms with Gasteiger partial charge in [-0.2, -0.15) is 0 Å². The van der Waals surface area contributed by atoms with Crippen LogP contribution in [0.15, 0.2) is 18.2 Å². The first-order chi connectivity index (χ1) is 8.84. The number of nitro groups is 1. The number of nitrogens with one attached hydrogen (secondary N) is 1. The number of benzene rings is 1. The van der Waals surface area contributed by atoms with Gasteiger partial charge in [-0.15, -0.1) is 0 Å². The van der Waals surface area contributed by atoms with Gasteiger partial charge in [-0.25, -0.2) is 0 Å². The number of amides is 1. The number of nitro benzene ring substituents is 1. The molecular formula is C13H17ClN2O3. The number of hydrogen-bond donors (Lipinski definition) is 1. The van der Waals surface area contributed by atoms with E-state index in [0.717, 1.165) is 12.8 Å². The second-order valence-electron chi connectivity index (χ2n) is 4.62. The van der Waals surface area contributed by atoms with Gasteiger partial charge in [0.15, 0.2) is 0 Å². The molecule has 0 saturated heterocycles. The standard InChI is InChI=1S/C13H17ClN2O3/c1-4-13(3,5-2)15-12(17)9-7-6-8-10(14)11(9)16(18)19/h6-8H,4-5H2,1-3H3,(H,15,17). The van der Waals surface area contributed by atoms with Gasteiger partial charge in [-0.1, -0.05) is 31.5 Å². The fraction of sp³-hybridized carbons (Fsp3) is 0.462. The van der Waals surface area contributed by atoms with Crippen LogP contribution in [-0.2, 0) is 0 Å². The molecule has 0 fully saturated rings. The van der Waals surface area contributed by atoms with Crippen LogP contribution >= 0.6 is 11.6 Å². The highest BCUT2D eigenvalue weighted by Crippen LogP contribution is 2.28. The smallest absolute Gasteiger partial charge is 0.300 e. The van der Waals surface area contributed by atoms with Crippen molar-refractivity contribution in [3.63, 3.8) is 0 Å². The first kappa shape index (κ1) is 15.4. The predicted octanol–water partition coefficient (Wildman–Crippen LogP) is 3.56. The zero-order chi connectivity index (χ0) is 14.6. The van der Waals surface area contributed by atoms with E-state index in [4.69, 9.17) is 11.6 Å². The maximum Gasteiger partial charge on any atom is 0.300 e. The van der Waals surface area contributed by atoms with Crippen molar-refractivity contribution in [2.24, 2.45) is 0 Å². The topological polar surface area (TPSA) is 72.2 Å². The first-order valence-corrected chi connectivity index (χ1v) is 6.48. The summed E-state index contributed by atoms with van der Waals surface area (Å²) in [5.74, 6) is -0.472. The molecule has 0 aliphatic carbocycles. The molecule has 104 valence electrons. The van der Waals surface area contributed by atoms with E-state index in [0.29, 0.717) is 0 Å². The average Bonchev–Trinajstić information content (AvgIpc) is 2.37. The highest BCUT2D eigenvalue weighted by Gasteiger charge is 2.28. The molecule has 0 radical (unpaired) electrons. The molecular weight excluding hydrogens is 268 g/mol. The molecule has 0 atom stereocenters. The third-order valence-corrected chi connectivity index (χ3v) is 3.69. The van der Waals surface area contributed by atoms with E-state index in [-0.39, 0.29) is 21.8 Å². The minimum absolute atomic E-state index is 0.00868. The summed E-state index contributed by atoms with van der Waals surface area (Å²) in [6.45, 7) is 5.81. The molecule has 6 heteroatoms. The summed E-state index contributed by atoms with van der Waals surface area (Å²) in [5.41, 5.74) is -0.741. The Balaban J connectivity index is 3.14. The monoisotopic (exact) mass is 284 g/mol. The zero-order valence-electron chi connectivity index (χ0n) is 11.2. The highest BCUT2D eigenvalue weighted by molar-refractivity contribution is 6.33. The van der Waals surface area contributed by atoms with Crippen molar-refractivity contribution in [1.29, 1.82) is 0 Å². The van der Waals surface area contributed by atoms with Crippen LogP contribution in [0.2, 0.25) is 5.02 Å². The van der Waals surface area contributed by atoms with Gasteiger partial charge in [-0.05, 0) is 31.9 Å². The van der Waals surface area contributed by atoms with Crippen molar-refractivity contribution < 1.29 is 9.72 Å². The summed E-state index contributed by atoms with van der Waals surface area (Å²) >= 11 is 5.79. The van der Waals surface area contributed by atoms with E-state index in [1.54, 1.807) is 0 Å². The van der Waals surface area contributed by atoms with Gasteiger partial charge in [0.1, 0.15) is 10.6 Å². The second-order valence-corrected chi connectivity index (χ2v) is 5.02. The van der Waals surface area contributed by atoms with Gasteiger partial charge in [-0.3, -0.25) is 14.9 Å². The van der Waals surface area contributed by atoms with E-state index in [1.165, 1.54) is 18.2 Å². The van der Waals surface area contributed by atoms with Crippen LogP contribution in [0.1, 0.15) is 44.0 Å². The van der Waals surface area contributed by atoms with E-state index >= 15 is 0 Å². The third-order valence-electron chi connectivity index (χ3n) is 3.39. The molecule has 0 saturated carbocycles. The van der Waals surface area contributed by atoms with Gasteiger partial charge >= 0.3 is 5.69 Å². The van der Waals surface area contributed by atoms with Crippen LogP contribution in [0.4, 0.5) is 5.69 Å². The number of para-hydroxylation sites is 1. The van der Waals surface area contributed by atoms with Crippen molar-refractivity contribution >= 4 is 23.2 Å². The molecule has 0 aromatic heterocycles. The largest absolute Gasteiger partial charge is 0.347 e. The van der Waals surface area contributed by atoms with Crippen molar-refractivity contribution in [2.45, 2.75) is 39.2 Å². The van der Waals surface area contributed by atoms with Crippen LogP contribution in [0.5, 0.6) is 0 Å². The van der Waals surface area contributed by atoms with Crippen molar-refractivity contribution in [2.75, 3.05) is 0 Å². The van der Waals surface area contributed by atoms with E-state index < -0.39 is 10.8 Å². The van der Waals surface area contributed by atoms with Crippen LogP contribution < -0.4 is 5.32 Å². The second kappa shape index (κ2) is 6.02. The summed E-state index contributed by atoms with van der Waals surface area (Å²) < 4.78 is 0. The molecule has 1 aromatic rings. The first-order valence-electron chi connectivity index (χ1n) is 6.10. The van der Waals surface area contributed by atoms with Gasteiger partial charge in [0.2, 0.25) is 0 Å². The predicted molar refractivity (Wildman–Crippen MR) is 74.6 cm³/mol. The molecule has 1 N–H and O–H groups in total. The summed E-state index contributed by atoms with van der Waals surface area (Å²) in [6.07, 6.45) is 1.48. The lowest BCUT2D eigenvalue weighted by Crippen LogP contribution is -2.45. The van der Waals surface area contributed by atoms with Crippen LogP contribution in [-0.4, -0.2) is 16.4 Å². The Morgan fingerprint density at radius 3 is 2.47 bits per heavy atom. The molecule has 0 heterocycles. The number of hydrogen-bond acceptors (Lipinski definition) is 3. The summed E-state index contributed by atoms with van der Waals surface area (Å²) in [6, 6.07) is 4.33. The molecule has 1 aromatic carbocycles. The number of carbonyl (C=O) groups excluding carboxylic acids is 1. The van der Waals surface area contributed by atoms with Gasteiger partial charge in [0, 0.05) is 5.54 Å². The summed E-state index contributed by atoms with van der Waals surface area (Å²) in [4.78, 5) is 22.5. The molecule has 0 bridgehead atoms. The Labute approximate surface area is 117 Å².